The Morgan fingerprint density at radius 1 is 0.778 bits per heavy atom. The molecule has 0 radical (unpaired) electrons. The summed E-state index contributed by atoms with van der Waals surface area (Å²) in [4.78, 5) is 19.5. The van der Waals surface area contributed by atoms with Crippen LogP contribution in [0.5, 0.6) is 0 Å². The van der Waals surface area contributed by atoms with Crippen molar-refractivity contribution < 1.29 is 4.79 Å². The number of rotatable bonds is 3. The molecule has 0 unspecified atom stereocenters. The van der Waals surface area contributed by atoms with E-state index in [1.165, 1.54) is 0 Å². The fraction of sp³-hybridized carbons (Fsp3) is 0.130. The lowest BCUT2D eigenvalue weighted by Gasteiger charge is -2.32. The van der Waals surface area contributed by atoms with Gasteiger partial charge in [0, 0.05) is 12.7 Å². The second-order valence-corrected chi connectivity index (χ2v) is 7.57. The molecule has 0 aliphatic carbocycles. The van der Waals surface area contributed by atoms with E-state index in [2.05, 4.69) is 17.1 Å². The van der Waals surface area contributed by atoms with Crippen molar-refractivity contribution in [3.63, 3.8) is 0 Å². The molecule has 3 aromatic carbocycles. The van der Waals surface area contributed by atoms with Gasteiger partial charge in [-0.1, -0.05) is 90.6 Å². The monoisotopic (exact) mass is 372 g/mol. The van der Waals surface area contributed by atoms with Gasteiger partial charge in [-0.05, 0) is 23.3 Å². The molecule has 1 aliphatic heterocycles. The lowest BCUT2D eigenvalue weighted by Crippen LogP contribution is -2.32. The van der Waals surface area contributed by atoms with Gasteiger partial charge < -0.3 is 4.90 Å². The highest BCUT2D eigenvalue weighted by atomic mass is 32.2. The topological polar surface area (TPSA) is 32.7 Å². The Balaban J connectivity index is 1.75. The van der Waals surface area contributed by atoms with Crippen molar-refractivity contribution in [2.24, 2.45) is 4.99 Å². The zero-order valence-corrected chi connectivity index (χ0v) is 15.8. The standard InChI is InChI=1S/C23H20N2OS/c1-25(19-15-9-4-10-16-19)23-24-22(26)20(17-11-5-2-6-12-17)21(27-23)18-13-7-3-8-14-18/h2-16,20-21H,1H3/t20-,21+/m1/s1. The van der Waals surface area contributed by atoms with Crippen LogP contribution < -0.4 is 4.90 Å². The van der Waals surface area contributed by atoms with Gasteiger partial charge in [-0.3, -0.25) is 4.79 Å². The van der Waals surface area contributed by atoms with Crippen molar-refractivity contribution in [2.75, 3.05) is 11.9 Å². The summed E-state index contributed by atoms with van der Waals surface area (Å²) in [5.74, 6) is -0.377. The lowest BCUT2D eigenvalue weighted by atomic mass is 9.90. The van der Waals surface area contributed by atoms with Gasteiger partial charge >= 0.3 is 0 Å². The first-order valence-electron chi connectivity index (χ1n) is 8.92. The fourth-order valence-electron chi connectivity index (χ4n) is 3.30. The molecule has 0 fully saturated rings. The molecular formula is C23H20N2OS. The smallest absolute Gasteiger partial charge is 0.257 e. The van der Waals surface area contributed by atoms with Crippen molar-refractivity contribution in [3.8, 4) is 0 Å². The van der Waals surface area contributed by atoms with Crippen LogP contribution in [0.15, 0.2) is 96.0 Å². The van der Waals surface area contributed by atoms with Crippen molar-refractivity contribution >= 4 is 28.5 Å². The Hall–Kier alpha value is -2.85. The second kappa shape index (κ2) is 7.80. The second-order valence-electron chi connectivity index (χ2n) is 6.46. The molecule has 134 valence electrons. The van der Waals surface area contributed by atoms with E-state index in [9.17, 15) is 4.79 Å². The van der Waals surface area contributed by atoms with Crippen molar-refractivity contribution in [1.82, 2.24) is 0 Å². The van der Waals surface area contributed by atoms with Gasteiger partial charge in [0.25, 0.3) is 5.91 Å². The predicted molar refractivity (Wildman–Crippen MR) is 113 cm³/mol. The van der Waals surface area contributed by atoms with E-state index in [0.29, 0.717) is 0 Å². The molecule has 0 spiro atoms. The quantitative estimate of drug-likeness (QED) is 0.627. The normalized spacial score (nSPS) is 19.4. The van der Waals surface area contributed by atoms with Gasteiger partial charge in [-0.25, -0.2) is 0 Å². The molecule has 0 N–H and O–H groups in total. The fourth-order valence-corrected chi connectivity index (χ4v) is 4.63. The van der Waals surface area contributed by atoms with Gasteiger partial charge in [-0.2, -0.15) is 4.99 Å². The zero-order valence-electron chi connectivity index (χ0n) is 15.0. The number of thioether (sulfide) groups is 1. The van der Waals surface area contributed by atoms with Crippen molar-refractivity contribution in [3.05, 3.63) is 102 Å². The minimum Gasteiger partial charge on any atom is -0.324 e. The number of carbonyl (C=O) groups is 1. The third-order valence-corrected chi connectivity index (χ3v) is 6.10. The zero-order chi connectivity index (χ0) is 18.6. The van der Waals surface area contributed by atoms with Crippen LogP contribution in [0, 0.1) is 0 Å². The number of hydrogen-bond acceptors (Lipinski definition) is 3. The van der Waals surface area contributed by atoms with Crippen molar-refractivity contribution in [1.29, 1.82) is 0 Å². The molecule has 0 aromatic heterocycles. The van der Waals surface area contributed by atoms with Crippen LogP contribution in [-0.2, 0) is 4.79 Å². The molecule has 3 nitrogen and oxygen atoms in total. The highest BCUT2D eigenvalue weighted by Gasteiger charge is 2.37. The largest absolute Gasteiger partial charge is 0.324 e. The van der Waals surface area contributed by atoms with E-state index in [-0.39, 0.29) is 17.1 Å². The van der Waals surface area contributed by atoms with Crippen LogP contribution in [0.2, 0.25) is 0 Å². The molecule has 3 aromatic rings. The summed E-state index contributed by atoms with van der Waals surface area (Å²) >= 11 is 1.65. The average Bonchev–Trinajstić information content (AvgIpc) is 2.74. The number of benzene rings is 3. The van der Waals surface area contributed by atoms with Gasteiger partial charge in [0.1, 0.15) is 0 Å². The predicted octanol–water partition coefficient (Wildman–Crippen LogP) is 5.28. The van der Waals surface area contributed by atoms with Crippen LogP contribution >= 0.6 is 11.8 Å². The first-order valence-corrected chi connectivity index (χ1v) is 9.80. The summed E-state index contributed by atoms with van der Waals surface area (Å²) in [5, 5.41) is 0.715. The van der Waals surface area contributed by atoms with Gasteiger partial charge in [0.2, 0.25) is 0 Å². The number of anilines is 1. The van der Waals surface area contributed by atoms with Crippen LogP contribution in [0.25, 0.3) is 0 Å². The van der Waals surface area contributed by atoms with Gasteiger partial charge in [0.15, 0.2) is 5.17 Å². The Kier molecular flexibility index (Phi) is 5.07. The first kappa shape index (κ1) is 17.6. The Morgan fingerprint density at radius 3 is 1.89 bits per heavy atom. The van der Waals surface area contributed by atoms with Crippen molar-refractivity contribution in [2.45, 2.75) is 11.2 Å². The highest BCUT2D eigenvalue weighted by Crippen LogP contribution is 2.46. The third-order valence-electron chi connectivity index (χ3n) is 4.72. The van der Waals surface area contributed by atoms with E-state index in [4.69, 9.17) is 0 Å². The minimum atomic E-state index is -0.286. The van der Waals surface area contributed by atoms with E-state index in [1.807, 2.05) is 90.8 Å². The number of amides is 1. The molecule has 27 heavy (non-hydrogen) atoms. The van der Waals surface area contributed by atoms with Gasteiger partial charge in [0.05, 0.1) is 11.2 Å². The molecule has 2 atom stereocenters. The minimum absolute atomic E-state index is 0.0141. The molecular weight excluding hydrogens is 352 g/mol. The molecule has 0 saturated carbocycles. The van der Waals surface area contributed by atoms with Crippen LogP contribution in [-0.4, -0.2) is 18.1 Å². The van der Waals surface area contributed by atoms with E-state index in [1.54, 1.807) is 11.8 Å². The SMILES string of the molecule is CN(C1=NC(=O)[C@H](c2ccccc2)[C@H](c2ccccc2)S1)c1ccccc1. The van der Waals surface area contributed by atoms with Crippen LogP contribution in [0.1, 0.15) is 22.3 Å². The summed E-state index contributed by atoms with van der Waals surface area (Å²) in [6.07, 6.45) is 0. The van der Waals surface area contributed by atoms with Gasteiger partial charge in [-0.15, -0.1) is 0 Å². The summed E-state index contributed by atoms with van der Waals surface area (Å²) in [6, 6.07) is 30.2. The summed E-state index contributed by atoms with van der Waals surface area (Å²) in [6.45, 7) is 0. The number of hydrogen-bond donors (Lipinski definition) is 0. The van der Waals surface area contributed by atoms with E-state index in [0.717, 1.165) is 22.0 Å². The van der Waals surface area contributed by atoms with Crippen LogP contribution in [0.4, 0.5) is 5.69 Å². The average molecular weight is 372 g/mol. The molecule has 0 saturated heterocycles. The molecule has 1 heterocycles. The van der Waals surface area contributed by atoms with E-state index < -0.39 is 0 Å². The Morgan fingerprint density at radius 2 is 1.30 bits per heavy atom. The lowest BCUT2D eigenvalue weighted by molar-refractivity contribution is -0.119. The maximum atomic E-state index is 13.1. The Bertz CT molecular complexity index is 942. The molecule has 1 amide bonds. The molecule has 4 rings (SSSR count). The number of amidine groups is 1. The molecule has 4 heteroatoms. The summed E-state index contributed by atoms with van der Waals surface area (Å²) < 4.78 is 0. The highest BCUT2D eigenvalue weighted by molar-refractivity contribution is 8.14. The number of nitrogens with zero attached hydrogens (tertiary/aromatic N) is 2. The maximum absolute atomic E-state index is 13.1. The first-order chi connectivity index (χ1) is 13.2. The third kappa shape index (κ3) is 3.67. The molecule has 0 bridgehead atoms. The Labute approximate surface area is 163 Å². The number of aliphatic imine (C=N–C) groups is 1. The van der Waals surface area contributed by atoms with Crippen LogP contribution in [0.3, 0.4) is 0 Å². The number of para-hydroxylation sites is 1. The summed E-state index contributed by atoms with van der Waals surface area (Å²) in [7, 11) is 1.96. The molecule has 1 aliphatic rings. The maximum Gasteiger partial charge on any atom is 0.257 e. The summed E-state index contributed by atoms with van der Waals surface area (Å²) in [5.41, 5.74) is 3.16. The number of carbonyl (C=O) groups excluding carboxylic acids is 1. The van der Waals surface area contributed by atoms with E-state index >= 15 is 0 Å².